The first-order chi connectivity index (χ1) is 18.3. The summed E-state index contributed by atoms with van der Waals surface area (Å²) in [5.74, 6) is 1.19. The van der Waals surface area contributed by atoms with Crippen LogP contribution < -0.4 is 29.1 Å². The zero-order valence-electron chi connectivity index (χ0n) is 21.4. The lowest BCUT2D eigenvalue weighted by Crippen LogP contribution is -2.40. The van der Waals surface area contributed by atoms with Gasteiger partial charge in [-0.25, -0.2) is 9.79 Å². The van der Waals surface area contributed by atoms with Crippen molar-refractivity contribution in [1.29, 1.82) is 0 Å². The highest BCUT2D eigenvalue weighted by Gasteiger charge is 2.35. The SMILES string of the molecule is C=CCOc1ccc(/C=c2\sc3n(c2=O)[C@H](c2ccc(OC)cc2OC)C(C(=O)OCC)=C(C)N=3)cc1Br. The van der Waals surface area contributed by atoms with Crippen molar-refractivity contribution in [3.8, 4) is 17.2 Å². The monoisotopic (exact) mass is 598 g/mol. The van der Waals surface area contributed by atoms with E-state index in [2.05, 4.69) is 27.5 Å². The van der Waals surface area contributed by atoms with Crippen molar-refractivity contribution in [2.75, 3.05) is 27.4 Å². The van der Waals surface area contributed by atoms with Gasteiger partial charge in [0.1, 0.15) is 29.9 Å². The number of halogens is 1. The van der Waals surface area contributed by atoms with Gasteiger partial charge in [-0.2, -0.15) is 0 Å². The van der Waals surface area contributed by atoms with Crippen LogP contribution in [0.4, 0.5) is 0 Å². The van der Waals surface area contributed by atoms with Crippen molar-refractivity contribution in [2.24, 2.45) is 4.99 Å². The molecule has 8 nitrogen and oxygen atoms in total. The summed E-state index contributed by atoms with van der Waals surface area (Å²) in [5.41, 5.74) is 1.89. The van der Waals surface area contributed by atoms with E-state index in [1.807, 2.05) is 18.2 Å². The van der Waals surface area contributed by atoms with Crippen LogP contribution >= 0.6 is 27.3 Å². The number of nitrogens with zero attached hydrogens (tertiary/aromatic N) is 2. The topological polar surface area (TPSA) is 88.3 Å². The lowest BCUT2D eigenvalue weighted by Gasteiger charge is -2.26. The third kappa shape index (κ3) is 5.32. The zero-order chi connectivity index (χ0) is 27.4. The second kappa shape index (κ2) is 11.8. The van der Waals surface area contributed by atoms with Crippen LogP contribution in [0.5, 0.6) is 17.2 Å². The second-order valence-electron chi connectivity index (χ2n) is 8.20. The molecule has 38 heavy (non-hydrogen) atoms. The molecule has 10 heteroatoms. The first-order valence-electron chi connectivity index (χ1n) is 11.8. The van der Waals surface area contributed by atoms with Crippen molar-refractivity contribution < 1.29 is 23.7 Å². The Morgan fingerprint density at radius 2 is 1.97 bits per heavy atom. The molecule has 0 amide bonds. The Hall–Kier alpha value is -3.63. The predicted octanol–water partition coefficient (Wildman–Crippen LogP) is 4.14. The number of esters is 1. The van der Waals surface area contributed by atoms with Crippen LogP contribution in [0.1, 0.15) is 31.0 Å². The van der Waals surface area contributed by atoms with Gasteiger partial charge in [0.25, 0.3) is 5.56 Å². The molecular weight excluding hydrogens is 572 g/mol. The summed E-state index contributed by atoms with van der Waals surface area (Å²) in [4.78, 5) is 32.1. The fourth-order valence-electron chi connectivity index (χ4n) is 4.15. The Bertz CT molecular complexity index is 1600. The molecule has 1 aliphatic rings. The molecule has 0 bridgehead atoms. The summed E-state index contributed by atoms with van der Waals surface area (Å²) < 4.78 is 24.7. The lowest BCUT2D eigenvalue weighted by molar-refractivity contribution is -0.139. The average molecular weight is 600 g/mol. The second-order valence-corrected chi connectivity index (χ2v) is 10.1. The highest BCUT2D eigenvalue weighted by Crippen LogP contribution is 2.37. The summed E-state index contributed by atoms with van der Waals surface area (Å²) in [6.45, 7) is 7.71. The number of benzene rings is 2. The number of carbonyl (C=O) groups is 1. The van der Waals surface area contributed by atoms with E-state index >= 15 is 0 Å². The van der Waals surface area contributed by atoms with E-state index in [1.165, 1.54) is 23.0 Å². The molecule has 0 unspecified atom stereocenters. The minimum absolute atomic E-state index is 0.188. The van der Waals surface area contributed by atoms with Crippen LogP contribution in [0.15, 0.2) is 74.6 Å². The number of carbonyl (C=O) groups excluding carboxylic acids is 1. The number of allylic oxidation sites excluding steroid dienone is 1. The van der Waals surface area contributed by atoms with Gasteiger partial charge < -0.3 is 18.9 Å². The lowest BCUT2D eigenvalue weighted by atomic mass is 9.95. The molecule has 1 aliphatic heterocycles. The quantitative estimate of drug-likeness (QED) is 0.272. The molecular formula is C28H27BrN2O6S. The summed E-state index contributed by atoms with van der Waals surface area (Å²) in [6, 6.07) is 10.0. The van der Waals surface area contributed by atoms with E-state index in [0.29, 0.717) is 44.4 Å². The molecule has 1 aromatic heterocycles. The number of hydrogen-bond acceptors (Lipinski definition) is 8. The van der Waals surface area contributed by atoms with E-state index in [1.54, 1.807) is 51.3 Å². The normalized spacial score (nSPS) is 15.0. The maximum absolute atomic E-state index is 13.8. The van der Waals surface area contributed by atoms with Gasteiger partial charge in [0.05, 0.1) is 41.1 Å². The van der Waals surface area contributed by atoms with E-state index in [-0.39, 0.29) is 17.7 Å². The van der Waals surface area contributed by atoms with Gasteiger partial charge in [0, 0.05) is 11.6 Å². The molecule has 3 aromatic rings. The number of thiazole rings is 1. The average Bonchev–Trinajstić information content (AvgIpc) is 3.21. The van der Waals surface area contributed by atoms with Crippen LogP contribution in [-0.4, -0.2) is 38.0 Å². The summed E-state index contributed by atoms with van der Waals surface area (Å²) in [6.07, 6.45) is 3.46. The van der Waals surface area contributed by atoms with E-state index in [9.17, 15) is 9.59 Å². The fraction of sp³-hybridized carbons (Fsp3) is 0.250. The Labute approximate surface area is 232 Å². The molecule has 2 heterocycles. The van der Waals surface area contributed by atoms with E-state index in [4.69, 9.17) is 18.9 Å². The number of aromatic nitrogens is 1. The molecule has 0 radical (unpaired) electrons. The molecule has 2 aromatic carbocycles. The van der Waals surface area contributed by atoms with Crippen molar-refractivity contribution in [3.63, 3.8) is 0 Å². The van der Waals surface area contributed by atoms with E-state index < -0.39 is 12.0 Å². The van der Waals surface area contributed by atoms with Gasteiger partial charge in [0.2, 0.25) is 0 Å². The smallest absolute Gasteiger partial charge is 0.338 e. The first kappa shape index (κ1) is 27.4. The molecule has 0 spiro atoms. The minimum atomic E-state index is -0.797. The molecule has 0 aliphatic carbocycles. The van der Waals surface area contributed by atoms with Gasteiger partial charge in [-0.15, -0.1) is 0 Å². The molecule has 0 saturated heterocycles. The van der Waals surface area contributed by atoms with Gasteiger partial charge in [-0.1, -0.05) is 30.1 Å². The number of methoxy groups -OCH3 is 2. The molecule has 198 valence electrons. The van der Waals surface area contributed by atoms with Gasteiger partial charge in [0.15, 0.2) is 4.80 Å². The van der Waals surface area contributed by atoms with Crippen molar-refractivity contribution in [1.82, 2.24) is 4.57 Å². The van der Waals surface area contributed by atoms with Crippen LogP contribution in [0.3, 0.4) is 0 Å². The van der Waals surface area contributed by atoms with Crippen molar-refractivity contribution in [3.05, 3.63) is 95.6 Å². The third-order valence-electron chi connectivity index (χ3n) is 5.86. The highest BCUT2D eigenvalue weighted by molar-refractivity contribution is 9.10. The minimum Gasteiger partial charge on any atom is -0.497 e. The highest BCUT2D eigenvalue weighted by atomic mass is 79.9. The summed E-state index contributed by atoms with van der Waals surface area (Å²) >= 11 is 4.77. The number of hydrogen-bond donors (Lipinski definition) is 0. The van der Waals surface area contributed by atoms with Crippen molar-refractivity contribution >= 4 is 39.3 Å². The van der Waals surface area contributed by atoms with Crippen LogP contribution in [0.25, 0.3) is 6.08 Å². The number of ether oxygens (including phenoxy) is 4. The maximum Gasteiger partial charge on any atom is 0.338 e. The van der Waals surface area contributed by atoms with Crippen molar-refractivity contribution in [2.45, 2.75) is 19.9 Å². The molecule has 0 fully saturated rings. The molecule has 0 saturated carbocycles. The zero-order valence-corrected chi connectivity index (χ0v) is 23.9. The third-order valence-corrected chi connectivity index (χ3v) is 7.47. The van der Waals surface area contributed by atoms with Crippen LogP contribution in [-0.2, 0) is 9.53 Å². The standard InChI is InChI=1S/C28H27BrN2O6S/c1-6-12-37-21-11-8-17(13-20(21)29)14-23-26(32)31-25(19-10-9-18(34-4)15-22(19)35-5)24(27(33)36-7-2)16(3)30-28(31)38-23/h6,8-11,13-15,25H,1,7,12H2,2-5H3/b23-14-/t25-/m1/s1. The van der Waals surface area contributed by atoms with Crippen LogP contribution in [0, 0.1) is 0 Å². The maximum atomic E-state index is 13.8. The molecule has 1 atom stereocenters. The first-order valence-corrected chi connectivity index (χ1v) is 13.4. The van der Waals surface area contributed by atoms with Gasteiger partial charge >= 0.3 is 5.97 Å². The Morgan fingerprint density at radius 1 is 1.18 bits per heavy atom. The number of rotatable bonds is 9. The summed E-state index contributed by atoms with van der Waals surface area (Å²) in [7, 11) is 3.09. The Kier molecular flexibility index (Phi) is 8.53. The largest absolute Gasteiger partial charge is 0.497 e. The van der Waals surface area contributed by atoms with Gasteiger partial charge in [-0.05, 0) is 65.7 Å². The van der Waals surface area contributed by atoms with E-state index in [0.717, 1.165) is 10.0 Å². The molecule has 4 rings (SSSR count). The Balaban J connectivity index is 1.91. The predicted molar refractivity (Wildman–Crippen MR) is 150 cm³/mol. The summed E-state index contributed by atoms with van der Waals surface area (Å²) in [5, 5.41) is 0. The van der Waals surface area contributed by atoms with Crippen LogP contribution in [0.2, 0.25) is 0 Å². The fourth-order valence-corrected chi connectivity index (χ4v) is 5.71. The molecule has 0 N–H and O–H groups in total. The Morgan fingerprint density at radius 3 is 2.63 bits per heavy atom. The number of fused-ring (bicyclic) bond motifs is 1. The van der Waals surface area contributed by atoms with Gasteiger partial charge in [-0.3, -0.25) is 9.36 Å².